The lowest BCUT2D eigenvalue weighted by Gasteiger charge is -2.26. The molecule has 28 heavy (non-hydrogen) atoms. The van der Waals surface area contributed by atoms with Gasteiger partial charge in [0.1, 0.15) is 0 Å². The van der Waals surface area contributed by atoms with Gasteiger partial charge in [0, 0.05) is 29.0 Å². The summed E-state index contributed by atoms with van der Waals surface area (Å²) in [5.41, 5.74) is 2.87. The average molecular weight is 430 g/mol. The van der Waals surface area contributed by atoms with Crippen LogP contribution in [-0.4, -0.2) is 34.0 Å². The Morgan fingerprint density at radius 3 is 2.86 bits per heavy atom. The second-order valence-corrected chi connectivity index (χ2v) is 9.25. The summed E-state index contributed by atoms with van der Waals surface area (Å²) in [7, 11) is 0. The molecule has 0 spiro atoms. The molecule has 0 saturated heterocycles. The van der Waals surface area contributed by atoms with Crippen LogP contribution in [0.15, 0.2) is 47.2 Å². The lowest BCUT2D eigenvalue weighted by Crippen LogP contribution is -2.36. The minimum Gasteiger partial charge on any atom is -0.336 e. The van der Waals surface area contributed by atoms with E-state index >= 15 is 0 Å². The Kier molecular flexibility index (Phi) is 6.09. The zero-order valence-corrected chi connectivity index (χ0v) is 17.5. The third kappa shape index (κ3) is 4.63. The van der Waals surface area contributed by atoms with Gasteiger partial charge in [-0.05, 0) is 17.0 Å². The number of benzene rings is 1. The third-order valence-corrected chi connectivity index (χ3v) is 7.09. The molecule has 0 bridgehead atoms. The van der Waals surface area contributed by atoms with Gasteiger partial charge >= 0.3 is 0 Å². The van der Waals surface area contributed by atoms with Gasteiger partial charge in [-0.25, -0.2) is 4.98 Å². The molecule has 5 nitrogen and oxygen atoms in total. The van der Waals surface area contributed by atoms with Crippen molar-refractivity contribution in [2.45, 2.75) is 18.7 Å². The molecule has 0 atom stereocenters. The van der Waals surface area contributed by atoms with Gasteiger partial charge in [0.25, 0.3) is 5.91 Å². The second kappa shape index (κ2) is 8.89. The van der Waals surface area contributed by atoms with Crippen molar-refractivity contribution < 1.29 is 9.59 Å². The van der Waals surface area contributed by atoms with E-state index in [4.69, 9.17) is 0 Å². The number of nitrogens with one attached hydrogen (secondary N) is 1. The van der Waals surface area contributed by atoms with Crippen LogP contribution in [0.2, 0.25) is 0 Å². The molecule has 144 valence electrons. The zero-order chi connectivity index (χ0) is 19.3. The molecule has 3 aromatic rings. The maximum atomic E-state index is 12.6. The fraction of sp³-hybridized carbons (Fsp3) is 0.250. The number of carbonyl (C=O) groups is 2. The van der Waals surface area contributed by atoms with Crippen molar-refractivity contribution in [3.63, 3.8) is 0 Å². The smallest absolute Gasteiger partial charge is 0.258 e. The normalized spacial score (nSPS) is 13.2. The Morgan fingerprint density at radius 1 is 1.21 bits per heavy atom. The van der Waals surface area contributed by atoms with Gasteiger partial charge in [0.2, 0.25) is 5.91 Å². The van der Waals surface area contributed by atoms with E-state index in [-0.39, 0.29) is 11.8 Å². The predicted molar refractivity (Wildman–Crippen MR) is 116 cm³/mol. The summed E-state index contributed by atoms with van der Waals surface area (Å²) in [5.74, 6) is 1.33. The van der Waals surface area contributed by atoms with Crippen molar-refractivity contribution in [2.24, 2.45) is 0 Å². The van der Waals surface area contributed by atoms with Gasteiger partial charge in [0.15, 0.2) is 5.13 Å². The summed E-state index contributed by atoms with van der Waals surface area (Å²) in [6, 6.07) is 12.0. The molecule has 0 unspecified atom stereocenters. The maximum absolute atomic E-state index is 12.6. The maximum Gasteiger partial charge on any atom is 0.258 e. The van der Waals surface area contributed by atoms with Crippen molar-refractivity contribution in [3.8, 4) is 0 Å². The Morgan fingerprint density at radius 2 is 2.07 bits per heavy atom. The van der Waals surface area contributed by atoms with Crippen LogP contribution in [0.4, 0.5) is 5.13 Å². The molecule has 1 aliphatic rings. The van der Waals surface area contributed by atoms with E-state index in [0.717, 1.165) is 22.7 Å². The van der Waals surface area contributed by atoms with Gasteiger partial charge in [-0.1, -0.05) is 41.7 Å². The highest BCUT2D eigenvalue weighted by atomic mass is 32.2. The summed E-state index contributed by atoms with van der Waals surface area (Å²) in [6.45, 7) is 1.26. The van der Waals surface area contributed by atoms with Gasteiger partial charge in [0.05, 0.1) is 23.6 Å². The lowest BCUT2D eigenvalue weighted by molar-refractivity contribution is -0.129. The minimum atomic E-state index is -0.141. The molecule has 0 aliphatic carbocycles. The van der Waals surface area contributed by atoms with Crippen LogP contribution in [0.5, 0.6) is 0 Å². The fourth-order valence-electron chi connectivity index (χ4n) is 2.95. The van der Waals surface area contributed by atoms with Crippen molar-refractivity contribution >= 4 is 51.4 Å². The van der Waals surface area contributed by atoms with Crippen molar-refractivity contribution in [1.82, 2.24) is 9.88 Å². The number of hydrogen-bond donors (Lipinski definition) is 1. The second-order valence-electron chi connectivity index (χ2n) is 6.40. The third-order valence-electron chi connectivity index (χ3n) is 4.42. The molecule has 2 amide bonds. The summed E-state index contributed by atoms with van der Waals surface area (Å²) >= 11 is 4.59. The first-order valence-electron chi connectivity index (χ1n) is 8.90. The number of nitrogens with zero attached hydrogens (tertiary/aromatic N) is 2. The van der Waals surface area contributed by atoms with E-state index in [1.54, 1.807) is 17.8 Å². The Labute approximate surface area is 175 Å². The van der Waals surface area contributed by atoms with E-state index in [9.17, 15) is 9.59 Å². The van der Waals surface area contributed by atoms with Gasteiger partial charge < -0.3 is 4.90 Å². The lowest BCUT2D eigenvalue weighted by atomic mass is 10.2. The topological polar surface area (TPSA) is 62.3 Å². The Hall–Kier alpha value is -2.16. The van der Waals surface area contributed by atoms with Crippen LogP contribution in [0.1, 0.15) is 26.5 Å². The van der Waals surface area contributed by atoms with E-state index in [2.05, 4.69) is 22.4 Å². The van der Waals surface area contributed by atoms with Crippen LogP contribution in [0.3, 0.4) is 0 Å². The summed E-state index contributed by atoms with van der Waals surface area (Å²) in [4.78, 5) is 32.2. The highest BCUT2D eigenvalue weighted by Gasteiger charge is 2.24. The van der Waals surface area contributed by atoms with E-state index in [0.29, 0.717) is 29.5 Å². The number of aromatic nitrogens is 1. The number of carbonyl (C=O) groups excluding carboxylic acids is 2. The van der Waals surface area contributed by atoms with Crippen LogP contribution in [0, 0.1) is 0 Å². The highest BCUT2D eigenvalue weighted by Crippen LogP contribution is 2.29. The number of fused-ring (bicyclic) bond motifs is 1. The Balaban J connectivity index is 1.31. The number of thiophene rings is 1. The average Bonchev–Trinajstić information content (AvgIpc) is 3.37. The summed E-state index contributed by atoms with van der Waals surface area (Å²) in [6.07, 6.45) is 0.731. The summed E-state index contributed by atoms with van der Waals surface area (Å²) < 4.78 is 0. The fourth-order valence-corrected chi connectivity index (χ4v) is 5.49. The van der Waals surface area contributed by atoms with Gasteiger partial charge in [-0.2, -0.15) is 11.3 Å². The standard InChI is InChI=1S/C20H19N3O2S3/c24-18(13-27-11-14-4-2-1-3-5-14)23-8-6-16-17(10-23)28-20(21-16)22-19(25)15-7-9-26-12-15/h1-5,7,9,12H,6,8,10-11,13H2,(H,21,22,25). The number of thioether (sulfide) groups is 1. The number of amides is 2. The first-order valence-corrected chi connectivity index (χ1v) is 11.8. The van der Waals surface area contributed by atoms with Crippen molar-refractivity contribution in [2.75, 3.05) is 17.6 Å². The van der Waals surface area contributed by atoms with E-state index in [1.807, 2.05) is 33.9 Å². The number of rotatable bonds is 6. The minimum absolute atomic E-state index is 0.141. The Bertz CT molecular complexity index is 955. The van der Waals surface area contributed by atoms with Crippen LogP contribution < -0.4 is 5.32 Å². The molecule has 2 aromatic heterocycles. The number of hydrogen-bond acceptors (Lipinski definition) is 6. The zero-order valence-electron chi connectivity index (χ0n) is 15.1. The van der Waals surface area contributed by atoms with Crippen LogP contribution >= 0.6 is 34.4 Å². The number of anilines is 1. The van der Waals surface area contributed by atoms with Crippen molar-refractivity contribution in [3.05, 3.63) is 68.9 Å². The van der Waals surface area contributed by atoms with E-state index < -0.39 is 0 Å². The first-order chi connectivity index (χ1) is 13.7. The molecule has 3 heterocycles. The van der Waals surface area contributed by atoms with E-state index in [1.165, 1.54) is 28.2 Å². The molecule has 1 aromatic carbocycles. The molecule has 1 aliphatic heterocycles. The largest absolute Gasteiger partial charge is 0.336 e. The van der Waals surface area contributed by atoms with Gasteiger partial charge in [-0.15, -0.1) is 11.8 Å². The van der Waals surface area contributed by atoms with Crippen molar-refractivity contribution in [1.29, 1.82) is 0 Å². The molecule has 1 N–H and O–H groups in total. The molecule has 0 radical (unpaired) electrons. The first kappa shape index (κ1) is 19.2. The van der Waals surface area contributed by atoms with Gasteiger partial charge in [-0.3, -0.25) is 14.9 Å². The molecule has 0 saturated carbocycles. The monoisotopic (exact) mass is 429 g/mol. The molecular weight excluding hydrogens is 410 g/mol. The molecule has 8 heteroatoms. The predicted octanol–water partition coefficient (Wildman–Crippen LogP) is 4.28. The molecule has 4 rings (SSSR count). The SMILES string of the molecule is O=C(Nc1nc2c(s1)CN(C(=O)CSCc1ccccc1)CC2)c1ccsc1. The van der Waals surface area contributed by atoms with Crippen LogP contribution in [-0.2, 0) is 23.5 Å². The number of thiazole rings is 1. The molecular formula is C20H19N3O2S3. The molecule has 0 fully saturated rings. The van der Waals surface area contributed by atoms with Crippen LogP contribution in [0.25, 0.3) is 0 Å². The quantitative estimate of drug-likeness (QED) is 0.635. The highest BCUT2D eigenvalue weighted by molar-refractivity contribution is 7.99. The summed E-state index contributed by atoms with van der Waals surface area (Å²) in [5, 5.41) is 7.16.